The molecular formula is C56H110N2O7P+. The van der Waals surface area contributed by atoms with Crippen LogP contribution in [-0.2, 0) is 27.9 Å². The average Bonchev–Trinajstić information content (AvgIpc) is 3.27. The summed E-state index contributed by atoms with van der Waals surface area (Å²) in [7, 11) is 1.50. The van der Waals surface area contributed by atoms with E-state index in [-0.39, 0.29) is 25.1 Å². The molecule has 0 aliphatic carbocycles. The number of hydrogen-bond acceptors (Lipinski definition) is 6. The maximum absolute atomic E-state index is 13.4. The summed E-state index contributed by atoms with van der Waals surface area (Å²) in [5, 5.41) is 3.04. The van der Waals surface area contributed by atoms with Crippen molar-refractivity contribution in [3.8, 4) is 0 Å². The number of carbonyl (C=O) groups is 2. The SMILES string of the molecule is CCCCCCCC/C=C\CCCCCC(=O)NC(COP(=O)(O)OCC[N+](C)(C)C)C(/C=C/CCCCCCCCCCCC)OC(=O)CCCCCCCCCCCCCCCCC. The Labute approximate surface area is 409 Å². The van der Waals surface area contributed by atoms with Crippen molar-refractivity contribution in [2.75, 3.05) is 40.9 Å². The number of esters is 1. The molecule has 0 aliphatic heterocycles. The molecule has 0 rings (SSSR count). The molecule has 0 heterocycles. The zero-order valence-electron chi connectivity index (χ0n) is 44.5. The number of ether oxygens (including phenoxy) is 1. The minimum Gasteiger partial charge on any atom is -0.456 e. The fourth-order valence-corrected chi connectivity index (χ4v) is 8.96. The van der Waals surface area contributed by atoms with Crippen molar-refractivity contribution < 1.29 is 37.3 Å². The number of nitrogens with zero attached hydrogens (tertiary/aromatic N) is 1. The zero-order valence-corrected chi connectivity index (χ0v) is 45.3. The summed E-state index contributed by atoms with van der Waals surface area (Å²) in [6.45, 7) is 7.01. The highest BCUT2D eigenvalue weighted by molar-refractivity contribution is 7.47. The molecule has 0 saturated carbocycles. The number of amides is 1. The fourth-order valence-electron chi connectivity index (χ4n) is 8.23. The van der Waals surface area contributed by atoms with Crippen LogP contribution in [0.25, 0.3) is 0 Å². The summed E-state index contributed by atoms with van der Waals surface area (Å²) in [6, 6.07) is -0.848. The van der Waals surface area contributed by atoms with Crippen LogP contribution in [0.15, 0.2) is 24.3 Å². The van der Waals surface area contributed by atoms with Crippen LogP contribution in [0.3, 0.4) is 0 Å². The summed E-state index contributed by atoms with van der Waals surface area (Å²) < 4.78 is 30.6. The first kappa shape index (κ1) is 64.5. The van der Waals surface area contributed by atoms with Gasteiger partial charge in [-0.15, -0.1) is 0 Å². The summed E-state index contributed by atoms with van der Waals surface area (Å²) in [5.74, 6) is -0.513. The average molecular weight is 954 g/mol. The third kappa shape index (κ3) is 47.6. The van der Waals surface area contributed by atoms with E-state index in [9.17, 15) is 19.0 Å². The van der Waals surface area contributed by atoms with Crippen molar-refractivity contribution in [1.29, 1.82) is 0 Å². The Balaban J connectivity index is 5.37. The molecule has 0 aromatic heterocycles. The fraction of sp³-hybridized carbons (Fsp3) is 0.893. The molecule has 3 unspecified atom stereocenters. The number of likely N-dealkylation sites (N-methyl/N-ethyl adjacent to an activating group) is 1. The van der Waals surface area contributed by atoms with Gasteiger partial charge in [0, 0.05) is 12.8 Å². The van der Waals surface area contributed by atoms with Gasteiger partial charge in [0.05, 0.1) is 33.8 Å². The second kappa shape index (κ2) is 47.2. The van der Waals surface area contributed by atoms with Crippen LogP contribution in [0, 0.1) is 0 Å². The number of hydrogen-bond donors (Lipinski definition) is 2. The lowest BCUT2D eigenvalue weighted by atomic mass is 10.0. The van der Waals surface area contributed by atoms with Crippen LogP contribution in [0.5, 0.6) is 0 Å². The molecule has 390 valence electrons. The first-order chi connectivity index (χ1) is 31.9. The summed E-state index contributed by atoms with van der Waals surface area (Å²) in [5.41, 5.74) is 0. The first-order valence-corrected chi connectivity index (χ1v) is 29.7. The van der Waals surface area contributed by atoms with Crippen molar-refractivity contribution >= 4 is 19.7 Å². The monoisotopic (exact) mass is 954 g/mol. The highest BCUT2D eigenvalue weighted by atomic mass is 31.2. The van der Waals surface area contributed by atoms with Crippen molar-refractivity contribution in [2.45, 2.75) is 283 Å². The number of nitrogens with one attached hydrogen (secondary N) is 1. The first-order valence-electron chi connectivity index (χ1n) is 28.2. The van der Waals surface area contributed by atoms with Crippen LogP contribution in [0.2, 0.25) is 0 Å². The van der Waals surface area contributed by atoms with Gasteiger partial charge in [-0.2, -0.15) is 0 Å². The van der Waals surface area contributed by atoms with Gasteiger partial charge in [0.2, 0.25) is 5.91 Å². The number of unbranched alkanes of at least 4 members (excludes halogenated alkanes) is 33. The smallest absolute Gasteiger partial charge is 0.456 e. The molecule has 0 bridgehead atoms. The van der Waals surface area contributed by atoms with Gasteiger partial charge in [-0.25, -0.2) is 4.57 Å². The zero-order chi connectivity index (χ0) is 48.7. The second-order valence-corrected chi connectivity index (χ2v) is 21.9. The van der Waals surface area contributed by atoms with Gasteiger partial charge in [-0.3, -0.25) is 18.6 Å². The Bertz CT molecular complexity index is 1190. The molecule has 66 heavy (non-hydrogen) atoms. The molecular weight excluding hydrogens is 844 g/mol. The van der Waals surface area contributed by atoms with Gasteiger partial charge in [0.15, 0.2) is 0 Å². The van der Waals surface area contributed by atoms with E-state index in [4.69, 9.17) is 13.8 Å². The number of quaternary nitrogens is 1. The quantitative estimate of drug-likeness (QED) is 0.0205. The molecule has 2 N–H and O–H groups in total. The lowest BCUT2D eigenvalue weighted by Crippen LogP contribution is -2.47. The molecule has 0 aromatic carbocycles. The molecule has 10 heteroatoms. The Morgan fingerprint density at radius 3 is 1.30 bits per heavy atom. The number of rotatable bonds is 51. The minimum absolute atomic E-state index is 0.0406. The topological polar surface area (TPSA) is 111 Å². The predicted octanol–water partition coefficient (Wildman–Crippen LogP) is 16.6. The van der Waals surface area contributed by atoms with E-state index in [1.807, 2.05) is 33.3 Å². The van der Waals surface area contributed by atoms with Crippen LogP contribution < -0.4 is 5.32 Å². The van der Waals surface area contributed by atoms with Crippen molar-refractivity contribution in [2.24, 2.45) is 0 Å². The normalized spacial score (nSPS) is 14.0. The Hall–Kier alpha value is -1.51. The Kier molecular flexibility index (Phi) is 46.1. The van der Waals surface area contributed by atoms with Crippen LogP contribution in [0.1, 0.15) is 271 Å². The Morgan fingerprint density at radius 1 is 0.515 bits per heavy atom. The Morgan fingerprint density at radius 2 is 0.879 bits per heavy atom. The van der Waals surface area contributed by atoms with E-state index in [2.05, 4.69) is 38.2 Å². The third-order valence-electron chi connectivity index (χ3n) is 12.6. The summed E-state index contributed by atoms with van der Waals surface area (Å²) in [6.07, 6.45) is 53.1. The van der Waals surface area contributed by atoms with Gasteiger partial charge in [0.25, 0.3) is 0 Å². The second-order valence-electron chi connectivity index (χ2n) is 20.5. The van der Waals surface area contributed by atoms with E-state index < -0.39 is 20.0 Å². The minimum atomic E-state index is -4.44. The highest BCUT2D eigenvalue weighted by Crippen LogP contribution is 2.43. The third-order valence-corrected chi connectivity index (χ3v) is 13.6. The highest BCUT2D eigenvalue weighted by Gasteiger charge is 2.30. The predicted molar refractivity (Wildman–Crippen MR) is 282 cm³/mol. The molecule has 0 saturated heterocycles. The van der Waals surface area contributed by atoms with Crippen molar-refractivity contribution in [3.63, 3.8) is 0 Å². The number of carbonyl (C=O) groups excluding carboxylic acids is 2. The molecule has 0 aromatic rings. The number of phosphoric acid groups is 1. The van der Waals surface area contributed by atoms with Gasteiger partial charge < -0.3 is 19.4 Å². The van der Waals surface area contributed by atoms with Crippen LogP contribution in [0.4, 0.5) is 0 Å². The number of phosphoric ester groups is 1. The number of allylic oxidation sites excluding steroid dienone is 3. The molecule has 0 aliphatic rings. The molecule has 0 spiro atoms. The molecule has 0 fully saturated rings. The molecule has 1 amide bonds. The van der Waals surface area contributed by atoms with Gasteiger partial charge >= 0.3 is 13.8 Å². The standard InChI is InChI=1S/C56H109N2O7P/c1-7-10-13-16-19-22-25-28-29-31-34-37-40-43-46-49-56(60)65-54(47-44-41-38-35-32-27-24-21-18-15-12-9-3)53(52-64-66(61,62)63-51-50-58(4,5)6)57-55(59)48-45-42-39-36-33-30-26-23-20-17-14-11-8-2/h30,33,44,47,53-54H,7-29,31-32,34-43,45-46,48-52H2,1-6H3,(H-,57,59,61,62)/p+1/b33-30-,47-44+. The largest absolute Gasteiger partial charge is 0.472 e. The molecule has 9 nitrogen and oxygen atoms in total. The molecule has 0 radical (unpaired) electrons. The van der Waals surface area contributed by atoms with Crippen LogP contribution in [-0.4, -0.2) is 74.3 Å². The van der Waals surface area contributed by atoms with E-state index >= 15 is 0 Å². The van der Waals surface area contributed by atoms with E-state index in [1.165, 1.54) is 167 Å². The lowest BCUT2D eigenvalue weighted by Gasteiger charge is -2.27. The van der Waals surface area contributed by atoms with Gasteiger partial charge in [0.1, 0.15) is 19.3 Å². The summed E-state index contributed by atoms with van der Waals surface area (Å²) in [4.78, 5) is 37.5. The lowest BCUT2D eigenvalue weighted by molar-refractivity contribution is -0.870. The van der Waals surface area contributed by atoms with Crippen LogP contribution >= 0.6 is 7.82 Å². The maximum atomic E-state index is 13.4. The summed E-state index contributed by atoms with van der Waals surface area (Å²) >= 11 is 0. The molecule has 3 atom stereocenters. The van der Waals surface area contributed by atoms with Crippen molar-refractivity contribution in [3.05, 3.63) is 24.3 Å². The van der Waals surface area contributed by atoms with Crippen molar-refractivity contribution in [1.82, 2.24) is 5.32 Å². The van der Waals surface area contributed by atoms with E-state index in [0.29, 0.717) is 23.9 Å². The van der Waals surface area contributed by atoms with Gasteiger partial charge in [-0.05, 0) is 57.4 Å². The van der Waals surface area contributed by atoms with E-state index in [0.717, 1.165) is 70.6 Å². The van der Waals surface area contributed by atoms with Gasteiger partial charge in [-0.1, -0.05) is 225 Å². The van der Waals surface area contributed by atoms with E-state index in [1.54, 1.807) is 0 Å². The maximum Gasteiger partial charge on any atom is 0.472 e.